The van der Waals surface area contributed by atoms with Crippen LogP contribution in [-0.4, -0.2) is 36.4 Å². The lowest BCUT2D eigenvalue weighted by Crippen LogP contribution is -2.26. The van der Waals surface area contributed by atoms with Crippen LogP contribution in [0.3, 0.4) is 0 Å². The zero-order chi connectivity index (χ0) is 17.2. The molecule has 0 aromatic carbocycles. The maximum Gasteiger partial charge on any atom is 0.283 e. The predicted octanol–water partition coefficient (Wildman–Crippen LogP) is 2.91. The first-order valence-electron chi connectivity index (χ1n) is 8.68. The molecular weight excluding hydrogens is 320 g/mol. The Labute approximate surface area is 145 Å². The molecule has 1 atom stereocenters. The highest BCUT2D eigenvalue weighted by molar-refractivity contribution is 5.42. The summed E-state index contributed by atoms with van der Waals surface area (Å²) in [6.45, 7) is 6.91. The second-order valence-corrected chi connectivity index (χ2v) is 6.84. The fraction of sp³-hybridized carbons (Fsp3) is 0.529. The van der Waals surface area contributed by atoms with Gasteiger partial charge in [-0.1, -0.05) is 13.8 Å². The van der Waals surface area contributed by atoms with Crippen molar-refractivity contribution in [3.8, 4) is 11.7 Å². The van der Waals surface area contributed by atoms with Crippen LogP contribution in [-0.2, 0) is 13.1 Å². The summed E-state index contributed by atoms with van der Waals surface area (Å²) in [4.78, 5) is 2.33. The summed E-state index contributed by atoms with van der Waals surface area (Å²) in [7, 11) is 0. The van der Waals surface area contributed by atoms with Crippen LogP contribution in [0.5, 0.6) is 0 Å². The first-order chi connectivity index (χ1) is 12.2. The van der Waals surface area contributed by atoms with Crippen LogP contribution in [0.4, 0.5) is 0 Å². The number of rotatable bonds is 6. The van der Waals surface area contributed by atoms with Crippen molar-refractivity contribution >= 4 is 0 Å². The van der Waals surface area contributed by atoms with E-state index in [0.29, 0.717) is 30.0 Å². The molecule has 0 radical (unpaired) electrons. The SMILES string of the molecule is CC(C)Cn1cnnc1[C@@H]1CCCN1Cc1nnc(-c2ccco2)o1. The predicted molar refractivity (Wildman–Crippen MR) is 89.2 cm³/mol. The maximum absolute atomic E-state index is 5.75. The van der Waals surface area contributed by atoms with Crippen molar-refractivity contribution in [3.05, 3.63) is 36.4 Å². The Hall–Kier alpha value is -2.48. The summed E-state index contributed by atoms with van der Waals surface area (Å²) in [6, 6.07) is 3.85. The van der Waals surface area contributed by atoms with Crippen LogP contribution >= 0.6 is 0 Å². The molecule has 3 aromatic heterocycles. The molecular formula is C17H22N6O2. The molecule has 8 nitrogen and oxygen atoms in total. The third-order valence-electron chi connectivity index (χ3n) is 4.41. The van der Waals surface area contributed by atoms with Crippen molar-refractivity contribution in [2.75, 3.05) is 6.54 Å². The second kappa shape index (κ2) is 6.79. The third kappa shape index (κ3) is 3.34. The Bertz CT molecular complexity index is 807. The number of hydrogen-bond acceptors (Lipinski definition) is 7. The van der Waals surface area contributed by atoms with Crippen LogP contribution in [0, 0.1) is 5.92 Å². The monoisotopic (exact) mass is 342 g/mol. The summed E-state index contributed by atoms with van der Waals surface area (Å²) in [5.41, 5.74) is 0. The van der Waals surface area contributed by atoms with E-state index < -0.39 is 0 Å². The van der Waals surface area contributed by atoms with E-state index in [1.54, 1.807) is 12.3 Å². The summed E-state index contributed by atoms with van der Waals surface area (Å²) in [5, 5.41) is 16.7. The minimum absolute atomic E-state index is 0.236. The van der Waals surface area contributed by atoms with Gasteiger partial charge in [-0.3, -0.25) is 4.90 Å². The van der Waals surface area contributed by atoms with E-state index in [2.05, 4.69) is 43.7 Å². The first kappa shape index (κ1) is 16.0. The molecule has 0 amide bonds. The molecule has 4 heterocycles. The van der Waals surface area contributed by atoms with E-state index >= 15 is 0 Å². The molecule has 1 fully saturated rings. The Kier molecular flexibility index (Phi) is 4.35. The number of likely N-dealkylation sites (tertiary alicyclic amines) is 1. The molecule has 1 aliphatic heterocycles. The molecule has 0 saturated carbocycles. The quantitative estimate of drug-likeness (QED) is 0.680. The number of furan rings is 1. The zero-order valence-electron chi connectivity index (χ0n) is 14.5. The van der Waals surface area contributed by atoms with Gasteiger partial charge in [-0.05, 0) is 37.4 Å². The average Bonchev–Trinajstić information content (AvgIpc) is 3.34. The molecule has 0 N–H and O–H groups in total. The van der Waals surface area contributed by atoms with Gasteiger partial charge in [0.1, 0.15) is 12.2 Å². The molecule has 132 valence electrons. The Balaban J connectivity index is 1.50. The number of aromatic nitrogens is 5. The highest BCUT2D eigenvalue weighted by Gasteiger charge is 2.31. The van der Waals surface area contributed by atoms with Crippen molar-refractivity contribution in [2.45, 2.75) is 45.8 Å². The molecule has 1 saturated heterocycles. The van der Waals surface area contributed by atoms with Crippen molar-refractivity contribution in [1.82, 2.24) is 29.9 Å². The second-order valence-electron chi connectivity index (χ2n) is 6.84. The molecule has 3 aromatic rings. The largest absolute Gasteiger partial charge is 0.459 e. The summed E-state index contributed by atoms with van der Waals surface area (Å²) in [6.07, 6.45) is 5.61. The highest BCUT2D eigenvalue weighted by Crippen LogP contribution is 2.32. The lowest BCUT2D eigenvalue weighted by molar-refractivity contribution is 0.211. The lowest BCUT2D eigenvalue weighted by Gasteiger charge is -2.23. The van der Waals surface area contributed by atoms with Crippen molar-refractivity contribution in [2.24, 2.45) is 5.92 Å². The van der Waals surface area contributed by atoms with E-state index in [-0.39, 0.29) is 6.04 Å². The molecule has 1 aliphatic rings. The Morgan fingerprint density at radius 1 is 1.28 bits per heavy atom. The van der Waals surface area contributed by atoms with Gasteiger partial charge >= 0.3 is 0 Å². The van der Waals surface area contributed by atoms with Crippen LogP contribution in [0.2, 0.25) is 0 Å². The van der Waals surface area contributed by atoms with E-state index in [1.807, 2.05) is 12.4 Å². The van der Waals surface area contributed by atoms with Gasteiger partial charge in [0, 0.05) is 6.54 Å². The summed E-state index contributed by atoms with van der Waals surface area (Å²) < 4.78 is 13.2. The van der Waals surface area contributed by atoms with Gasteiger partial charge in [-0.15, -0.1) is 20.4 Å². The van der Waals surface area contributed by atoms with Crippen LogP contribution < -0.4 is 0 Å². The molecule has 0 spiro atoms. The van der Waals surface area contributed by atoms with Gasteiger partial charge in [0.2, 0.25) is 5.89 Å². The zero-order valence-corrected chi connectivity index (χ0v) is 14.5. The fourth-order valence-electron chi connectivity index (χ4n) is 3.35. The standard InChI is InChI=1S/C17H22N6O2/c1-12(2)9-23-11-18-20-16(23)13-5-3-7-22(13)10-15-19-21-17(25-15)14-6-4-8-24-14/h4,6,8,11-13H,3,5,7,9-10H2,1-2H3/t13-/m0/s1. The minimum atomic E-state index is 0.236. The van der Waals surface area contributed by atoms with Crippen molar-refractivity contribution in [1.29, 1.82) is 0 Å². The lowest BCUT2D eigenvalue weighted by atomic mass is 10.2. The van der Waals surface area contributed by atoms with Gasteiger partial charge in [0.25, 0.3) is 5.89 Å². The Morgan fingerprint density at radius 2 is 2.20 bits per heavy atom. The smallest absolute Gasteiger partial charge is 0.283 e. The number of hydrogen-bond donors (Lipinski definition) is 0. The van der Waals surface area contributed by atoms with Gasteiger partial charge in [0.15, 0.2) is 5.76 Å². The van der Waals surface area contributed by atoms with E-state index in [1.165, 1.54) is 0 Å². The fourth-order valence-corrected chi connectivity index (χ4v) is 3.35. The topological polar surface area (TPSA) is 86.0 Å². The minimum Gasteiger partial charge on any atom is -0.459 e. The maximum atomic E-state index is 5.75. The van der Waals surface area contributed by atoms with E-state index in [9.17, 15) is 0 Å². The molecule has 0 unspecified atom stereocenters. The van der Waals surface area contributed by atoms with Gasteiger partial charge in [0.05, 0.1) is 18.8 Å². The van der Waals surface area contributed by atoms with Crippen molar-refractivity contribution in [3.63, 3.8) is 0 Å². The highest BCUT2D eigenvalue weighted by atomic mass is 16.4. The van der Waals surface area contributed by atoms with E-state index in [4.69, 9.17) is 8.83 Å². The third-order valence-corrected chi connectivity index (χ3v) is 4.41. The summed E-state index contributed by atoms with van der Waals surface area (Å²) in [5.74, 6) is 3.17. The normalized spacial score (nSPS) is 18.4. The number of nitrogens with zero attached hydrogens (tertiary/aromatic N) is 6. The molecule has 4 rings (SSSR count). The molecule has 0 bridgehead atoms. The van der Waals surface area contributed by atoms with Gasteiger partial charge < -0.3 is 13.4 Å². The van der Waals surface area contributed by atoms with Crippen molar-refractivity contribution < 1.29 is 8.83 Å². The van der Waals surface area contributed by atoms with Gasteiger partial charge in [-0.25, -0.2) is 0 Å². The van der Waals surface area contributed by atoms with Gasteiger partial charge in [-0.2, -0.15) is 0 Å². The first-order valence-corrected chi connectivity index (χ1v) is 8.68. The Morgan fingerprint density at radius 3 is 3.00 bits per heavy atom. The van der Waals surface area contributed by atoms with E-state index in [0.717, 1.165) is 31.8 Å². The van der Waals surface area contributed by atoms with Crippen LogP contribution in [0.25, 0.3) is 11.7 Å². The molecule has 25 heavy (non-hydrogen) atoms. The van der Waals surface area contributed by atoms with Crippen LogP contribution in [0.1, 0.15) is 44.4 Å². The van der Waals surface area contributed by atoms with Crippen LogP contribution in [0.15, 0.2) is 33.6 Å². The average molecular weight is 342 g/mol. The molecule has 0 aliphatic carbocycles. The molecule has 8 heteroatoms. The summed E-state index contributed by atoms with van der Waals surface area (Å²) >= 11 is 0.